The highest BCUT2D eigenvalue weighted by atomic mass is 32.1. The maximum absolute atomic E-state index is 9.49. The van der Waals surface area contributed by atoms with Gasteiger partial charge in [-0.15, -0.1) is 11.3 Å². The lowest BCUT2D eigenvalue weighted by Gasteiger charge is -1.92. The zero-order valence-electron chi connectivity index (χ0n) is 9.69. The summed E-state index contributed by atoms with van der Waals surface area (Å²) in [7, 11) is 0. The summed E-state index contributed by atoms with van der Waals surface area (Å²) in [5.41, 5.74) is 2.56. The number of fused-ring (bicyclic) bond motifs is 2. The lowest BCUT2D eigenvalue weighted by atomic mass is 10.3. The highest BCUT2D eigenvalue weighted by Gasteiger charge is 2.12. The summed E-state index contributed by atoms with van der Waals surface area (Å²) in [5.74, 6) is 0.251. The van der Waals surface area contributed by atoms with E-state index in [1.54, 1.807) is 29.0 Å². The maximum atomic E-state index is 9.49. The molecule has 6 heteroatoms. The summed E-state index contributed by atoms with van der Waals surface area (Å²) in [6, 6.07) is 7.00. The monoisotopic (exact) mass is 268 g/mol. The number of benzene rings is 1. The van der Waals surface area contributed by atoms with Crippen molar-refractivity contribution in [1.82, 2.24) is 19.6 Å². The normalized spacial score (nSPS) is 11.4. The van der Waals surface area contributed by atoms with Gasteiger partial charge < -0.3 is 5.11 Å². The molecular formula is C13H8N4OS. The van der Waals surface area contributed by atoms with E-state index in [1.807, 2.05) is 18.3 Å². The van der Waals surface area contributed by atoms with Crippen molar-refractivity contribution in [3.8, 4) is 16.3 Å². The Balaban J connectivity index is 1.99. The van der Waals surface area contributed by atoms with Crippen molar-refractivity contribution in [1.29, 1.82) is 0 Å². The minimum atomic E-state index is 0.251. The fourth-order valence-corrected chi connectivity index (χ4v) is 3.01. The Morgan fingerprint density at radius 3 is 3.16 bits per heavy atom. The number of aromatic hydroxyl groups is 1. The van der Waals surface area contributed by atoms with E-state index in [9.17, 15) is 5.11 Å². The van der Waals surface area contributed by atoms with Crippen LogP contribution in [0.4, 0.5) is 0 Å². The van der Waals surface area contributed by atoms with E-state index in [0.29, 0.717) is 0 Å². The van der Waals surface area contributed by atoms with Crippen molar-refractivity contribution in [2.45, 2.75) is 0 Å². The first kappa shape index (κ1) is 10.5. The van der Waals surface area contributed by atoms with Crippen LogP contribution in [0.3, 0.4) is 0 Å². The van der Waals surface area contributed by atoms with Crippen LogP contribution in [0.1, 0.15) is 0 Å². The molecule has 0 unspecified atom stereocenters. The van der Waals surface area contributed by atoms with Crippen LogP contribution in [0.2, 0.25) is 0 Å². The molecule has 92 valence electrons. The highest BCUT2D eigenvalue weighted by Crippen LogP contribution is 2.33. The number of nitrogens with zero attached hydrogens (tertiary/aromatic N) is 4. The zero-order valence-corrected chi connectivity index (χ0v) is 10.5. The summed E-state index contributed by atoms with van der Waals surface area (Å²) in [4.78, 5) is 8.88. The lowest BCUT2D eigenvalue weighted by molar-refractivity contribution is 0.476. The number of thiazole rings is 1. The van der Waals surface area contributed by atoms with Crippen molar-refractivity contribution in [3.05, 3.63) is 42.9 Å². The molecular weight excluding hydrogens is 260 g/mol. The third-order valence-corrected chi connectivity index (χ3v) is 3.93. The van der Waals surface area contributed by atoms with Crippen LogP contribution >= 0.6 is 11.3 Å². The second kappa shape index (κ2) is 3.76. The molecule has 0 amide bonds. The smallest absolute Gasteiger partial charge is 0.165 e. The Morgan fingerprint density at radius 2 is 2.21 bits per heavy atom. The Kier molecular flexibility index (Phi) is 2.07. The van der Waals surface area contributed by atoms with Crippen LogP contribution in [-0.2, 0) is 0 Å². The summed E-state index contributed by atoms with van der Waals surface area (Å²) in [6.07, 6.45) is 5.35. The molecule has 0 bridgehead atoms. The van der Waals surface area contributed by atoms with Crippen LogP contribution in [-0.4, -0.2) is 24.7 Å². The summed E-state index contributed by atoms with van der Waals surface area (Å²) >= 11 is 1.52. The van der Waals surface area contributed by atoms with Crippen LogP contribution in [0.15, 0.2) is 42.9 Å². The number of phenols is 1. The van der Waals surface area contributed by atoms with E-state index in [0.717, 1.165) is 26.4 Å². The summed E-state index contributed by atoms with van der Waals surface area (Å²) in [5, 5.41) is 14.6. The molecule has 0 fully saturated rings. The molecule has 4 aromatic rings. The molecule has 4 rings (SSSR count). The van der Waals surface area contributed by atoms with E-state index < -0.39 is 0 Å². The SMILES string of the molecule is Oc1ccc2nc(-c3cnn4cccnc34)sc2c1. The molecule has 0 saturated heterocycles. The van der Waals surface area contributed by atoms with Crippen LogP contribution in [0.5, 0.6) is 5.75 Å². The second-order valence-electron chi connectivity index (χ2n) is 4.12. The first-order valence-corrected chi connectivity index (χ1v) is 6.51. The van der Waals surface area contributed by atoms with Crippen molar-refractivity contribution in [2.24, 2.45) is 0 Å². The van der Waals surface area contributed by atoms with Gasteiger partial charge in [-0.3, -0.25) is 0 Å². The minimum Gasteiger partial charge on any atom is -0.508 e. The van der Waals surface area contributed by atoms with Crippen molar-refractivity contribution in [3.63, 3.8) is 0 Å². The molecule has 0 aliphatic heterocycles. The Bertz CT molecular complexity index is 896. The van der Waals surface area contributed by atoms with E-state index >= 15 is 0 Å². The predicted octanol–water partition coefficient (Wildman–Crippen LogP) is 2.71. The van der Waals surface area contributed by atoms with Gasteiger partial charge in [0.1, 0.15) is 10.8 Å². The molecule has 3 heterocycles. The van der Waals surface area contributed by atoms with Gasteiger partial charge in [-0.05, 0) is 24.3 Å². The third-order valence-electron chi connectivity index (χ3n) is 2.88. The van der Waals surface area contributed by atoms with Crippen LogP contribution < -0.4 is 0 Å². The number of rotatable bonds is 1. The molecule has 1 N–H and O–H groups in total. The molecule has 0 aliphatic carbocycles. The van der Waals surface area contributed by atoms with E-state index in [2.05, 4.69) is 15.1 Å². The largest absolute Gasteiger partial charge is 0.508 e. The van der Waals surface area contributed by atoms with Gasteiger partial charge in [-0.2, -0.15) is 5.10 Å². The van der Waals surface area contributed by atoms with Crippen molar-refractivity contribution >= 4 is 27.2 Å². The van der Waals surface area contributed by atoms with E-state index in [1.165, 1.54) is 11.3 Å². The van der Waals surface area contributed by atoms with Crippen molar-refractivity contribution in [2.75, 3.05) is 0 Å². The highest BCUT2D eigenvalue weighted by molar-refractivity contribution is 7.21. The summed E-state index contributed by atoms with van der Waals surface area (Å²) in [6.45, 7) is 0. The molecule has 0 atom stereocenters. The van der Waals surface area contributed by atoms with Gasteiger partial charge in [0.05, 0.1) is 22.0 Å². The Hall–Kier alpha value is -2.47. The number of hydrogen-bond donors (Lipinski definition) is 1. The lowest BCUT2D eigenvalue weighted by Crippen LogP contribution is -1.87. The van der Waals surface area contributed by atoms with Gasteiger partial charge in [0, 0.05) is 12.4 Å². The third kappa shape index (κ3) is 1.57. The molecule has 0 aliphatic rings. The number of aromatic nitrogens is 4. The van der Waals surface area contributed by atoms with Gasteiger partial charge in [0.2, 0.25) is 0 Å². The predicted molar refractivity (Wildman–Crippen MR) is 73.3 cm³/mol. The number of phenolic OH excluding ortho intramolecular Hbond substituents is 1. The topological polar surface area (TPSA) is 63.3 Å². The van der Waals surface area contributed by atoms with Gasteiger partial charge in [0.15, 0.2) is 5.65 Å². The van der Waals surface area contributed by atoms with E-state index in [-0.39, 0.29) is 5.75 Å². The molecule has 19 heavy (non-hydrogen) atoms. The quantitative estimate of drug-likeness (QED) is 0.576. The summed E-state index contributed by atoms with van der Waals surface area (Å²) < 4.78 is 2.67. The Morgan fingerprint density at radius 1 is 1.26 bits per heavy atom. The van der Waals surface area contributed by atoms with Gasteiger partial charge >= 0.3 is 0 Å². The van der Waals surface area contributed by atoms with Crippen LogP contribution in [0, 0.1) is 0 Å². The fraction of sp³-hybridized carbons (Fsp3) is 0. The number of hydrogen-bond acceptors (Lipinski definition) is 5. The first-order valence-electron chi connectivity index (χ1n) is 5.69. The first-order chi connectivity index (χ1) is 9.31. The minimum absolute atomic E-state index is 0.251. The molecule has 5 nitrogen and oxygen atoms in total. The standard InChI is InChI=1S/C13H8N4OS/c18-8-2-3-10-11(6-8)19-13(16-10)9-7-15-17-5-1-4-14-12(9)17/h1-7,18H. The molecule has 0 radical (unpaired) electrons. The van der Waals surface area contributed by atoms with Gasteiger partial charge in [-0.25, -0.2) is 14.5 Å². The maximum Gasteiger partial charge on any atom is 0.165 e. The van der Waals surface area contributed by atoms with E-state index in [4.69, 9.17) is 0 Å². The fourth-order valence-electron chi connectivity index (χ4n) is 2.01. The molecule has 0 saturated carbocycles. The average Bonchev–Trinajstić information content (AvgIpc) is 3.00. The molecule has 0 spiro atoms. The average molecular weight is 268 g/mol. The zero-order chi connectivity index (χ0) is 12.8. The Labute approximate surface area is 111 Å². The van der Waals surface area contributed by atoms with Crippen LogP contribution in [0.25, 0.3) is 26.4 Å². The van der Waals surface area contributed by atoms with Crippen molar-refractivity contribution < 1.29 is 5.11 Å². The molecule has 1 aromatic carbocycles. The molecule has 3 aromatic heterocycles. The van der Waals surface area contributed by atoms with Gasteiger partial charge in [-0.1, -0.05) is 0 Å². The second-order valence-corrected chi connectivity index (χ2v) is 5.15. The van der Waals surface area contributed by atoms with Gasteiger partial charge in [0.25, 0.3) is 0 Å².